The summed E-state index contributed by atoms with van der Waals surface area (Å²) in [5, 5.41) is 2.62. The fourth-order valence-electron chi connectivity index (χ4n) is 1.38. The molecule has 0 unspecified atom stereocenters. The Hall–Kier alpha value is 0.336. The van der Waals surface area contributed by atoms with Gasteiger partial charge in [-0.25, -0.2) is 0 Å². The molecule has 0 heterocycles. The molecular formula is C15H19K. The van der Waals surface area contributed by atoms with Crippen molar-refractivity contribution >= 4 is 10.8 Å². The van der Waals surface area contributed by atoms with E-state index in [2.05, 4.69) is 62.4 Å². The normalized spacial score (nSPS) is 8.88. The van der Waals surface area contributed by atoms with E-state index in [-0.39, 0.29) is 51.4 Å². The molecule has 0 aliphatic carbocycles. The number of unbranched alkanes of at least 4 members (excludes halogenated alkanes) is 2. The molecule has 0 fully saturated rings. The molecule has 0 nitrogen and oxygen atoms in total. The minimum absolute atomic E-state index is 0. The van der Waals surface area contributed by atoms with E-state index in [9.17, 15) is 0 Å². The molecule has 0 aromatic heterocycles. The van der Waals surface area contributed by atoms with Crippen molar-refractivity contribution in [2.75, 3.05) is 0 Å². The maximum Gasteiger partial charge on any atom is 1.00 e. The zero-order chi connectivity index (χ0) is 10.9. The van der Waals surface area contributed by atoms with E-state index in [1.807, 2.05) is 0 Å². The Kier molecular flexibility index (Phi) is 10.7. The van der Waals surface area contributed by atoms with E-state index >= 15 is 0 Å². The van der Waals surface area contributed by atoms with Gasteiger partial charge in [0, 0.05) is 0 Å². The van der Waals surface area contributed by atoms with Crippen LogP contribution in [0.3, 0.4) is 0 Å². The molecule has 16 heavy (non-hydrogen) atoms. The van der Waals surface area contributed by atoms with Crippen LogP contribution in [0.2, 0.25) is 0 Å². The second kappa shape index (κ2) is 10.5. The number of hydrogen-bond donors (Lipinski definition) is 0. The summed E-state index contributed by atoms with van der Waals surface area (Å²) < 4.78 is 0. The van der Waals surface area contributed by atoms with Gasteiger partial charge in [0.05, 0.1) is 0 Å². The monoisotopic (exact) mass is 238 g/mol. The largest absolute Gasteiger partial charge is 1.00 e. The molecule has 2 aromatic carbocycles. The van der Waals surface area contributed by atoms with Gasteiger partial charge < -0.3 is 6.92 Å². The quantitative estimate of drug-likeness (QED) is 0.553. The molecule has 80 valence electrons. The minimum Gasteiger partial charge on any atom is -0.343 e. The van der Waals surface area contributed by atoms with E-state index in [0.717, 1.165) is 6.42 Å². The zero-order valence-corrected chi connectivity index (χ0v) is 13.6. The van der Waals surface area contributed by atoms with Gasteiger partial charge in [-0.3, -0.25) is 0 Å². The minimum atomic E-state index is 0. The van der Waals surface area contributed by atoms with Gasteiger partial charge in [-0.05, 0) is 10.8 Å². The van der Waals surface area contributed by atoms with Crippen LogP contribution in [-0.4, -0.2) is 0 Å². The third-order valence-corrected chi connectivity index (χ3v) is 2.26. The maximum absolute atomic E-state index is 3.68. The molecule has 0 bridgehead atoms. The summed E-state index contributed by atoms with van der Waals surface area (Å²) in [4.78, 5) is 0. The molecule has 0 saturated heterocycles. The van der Waals surface area contributed by atoms with E-state index in [1.54, 1.807) is 0 Å². The third kappa shape index (κ3) is 6.17. The second-order valence-electron chi connectivity index (χ2n) is 3.55. The van der Waals surface area contributed by atoms with Gasteiger partial charge in [-0.1, -0.05) is 68.3 Å². The first-order valence-corrected chi connectivity index (χ1v) is 5.61. The SMILES string of the molecule is [CH2-]CCCC.[K+].c1ccc2ccccc2c1. The smallest absolute Gasteiger partial charge is 0.343 e. The Labute approximate surface area is 142 Å². The second-order valence-corrected chi connectivity index (χ2v) is 3.55. The molecule has 0 atom stereocenters. The molecule has 2 aromatic rings. The van der Waals surface area contributed by atoms with Gasteiger partial charge in [0.15, 0.2) is 0 Å². The van der Waals surface area contributed by atoms with Crippen LogP contribution in [0, 0.1) is 6.92 Å². The van der Waals surface area contributed by atoms with Gasteiger partial charge in [-0.2, -0.15) is 6.42 Å². The predicted octanol–water partition coefficient (Wildman–Crippen LogP) is 1.85. The standard InChI is InChI=1S/C10H8.C5H11.K/c1-2-6-10-8-4-3-7-9(10)5-1;1-3-5-4-2;/h1-8H;1,3-5H2,2H3;/q;-1;+1. The Bertz CT molecular complexity index is 314. The topological polar surface area (TPSA) is 0 Å². The van der Waals surface area contributed by atoms with Crippen LogP contribution in [0.15, 0.2) is 48.5 Å². The van der Waals surface area contributed by atoms with Crippen molar-refractivity contribution in [2.45, 2.75) is 26.2 Å². The van der Waals surface area contributed by atoms with Crippen molar-refractivity contribution in [3.05, 3.63) is 55.5 Å². The van der Waals surface area contributed by atoms with Crippen molar-refractivity contribution in [3.8, 4) is 0 Å². The molecule has 1 heteroatoms. The summed E-state index contributed by atoms with van der Waals surface area (Å²) in [5.41, 5.74) is 0. The van der Waals surface area contributed by atoms with Crippen LogP contribution in [-0.2, 0) is 0 Å². The summed E-state index contributed by atoms with van der Waals surface area (Å²) in [6, 6.07) is 16.7. The first kappa shape index (κ1) is 16.3. The summed E-state index contributed by atoms with van der Waals surface area (Å²) in [5.74, 6) is 0. The molecule has 0 radical (unpaired) electrons. The molecule has 0 saturated carbocycles. The van der Waals surface area contributed by atoms with Crippen LogP contribution < -0.4 is 51.4 Å². The molecule has 0 amide bonds. The van der Waals surface area contributed by atoms with Crippen LogP contribution in [0.4, 0.5) is 0 Å². The molecule has 0 spiro atoms. The number of hydrogen-bond acceptors (Lipinski definition) is 0. The fraction of sp³-hybridized carbons (Fsp3) is 0.267. The van der Waals surface area contributed by atoms with Crippen LogP contribution in [0.25, 0.3) is 10.8 Å². The molecule has 0 N–H and O–H groups in total. The van der Waals surface area contributed by atoms with Crippen molar-refractivity contribution in [1.82, 2.24) is 0 Å². The van der Waals surface area contributed by atoms with Gasteiger partial charge in [0.2, 0.25) is 0 Å². The Morgan fingerprint density at radius 3 is 1.44 bits per heavy atom. The summed E-state index contributed by atoms with van der Waals surface area (Å²) in [7, 11) is 0. The van der Waals surface area contributed by atoms with E-state index in [1.165, 1.54) is 23.6 Å². The zero-order valence-electron chi connectivity index (χ0n) is 10.4. The average molecular weight is 238 g/mol. The summed E-state index contributed by atoms with van der Waals surface area (Å²) in [6.45, 7) is 5.85. The van der Waals surface area contributed by atoms with E-state index in [0.29, 0.717) is 0 Å². The molecule has 0 aliphatic heterocycles. The van der Waals surface area contributed by atoms with Crippen molar-refractivity contribution in [1.29, 1.82) is 0 Å². The first-order valence-electron chi connectivity index (χ1n) is 5.61. The molecular weight excluding hydrogens is 219 g/mol. The Balaban J connectivity index is 0.000000330. The predicted molar refractivity (Wildman–Crippen MR) is 68.8 cm³/mol. The van der Waals surface area contributed by atoms with Crippen molar-refractivity contribution in [3.63, 3.8) is 0 Å². The summed E-state index contributed by atoms with van der Waals surface area (Å²) >= 11 is 0. The first-order chi connectivity index (χ1) is 7.38. The van der Waals surface area contributed by atoms with Crippen molar-refractivity contribution < 1.29 is 51.4 Å². The van der Waals surface area contributed by atoms with Gasteiger partial charge >= 0.3 is 51.4 Å². The molecule has 2 rings (SSSR count). The van der Waals surface area contributed by atoms with Crippen molar-refractivity contribution in [2.24, 2.45) is 0 Å². The average Bonchev–Trinajstić information content (AvgIpc) is 2.31. The van der Waals surface area contributed by atoms with Gasteiger partial charge in [-0.15, -0.1) is 0 Å². The van der Waals surface area contributed by atoms with E-state index < -0.39 is 0 Å². The van der Waals surface area contributed by atoms with Gasteiger partial charge in [0.1, 0.15) is 0 Å². The van der Waals surface area contributed by atoms with E-state index in [4.69, 9.17) is 0 Å². The Morgan fingerprint density at radius 1 is 0.875 bits per heavy atom. The number of fused-ring (bicyclic) bond motifs is 1. The van der Waals surface area contributed by atoms with Crippen LogP contribution in [0.1, 0.15) is 26.2 Å². The fourth-order valence-corrected chi connectivity index (χ4v) is 1.38. The maximum atomic E-state index is 3.68. The van der Waals surface area contributed by atoms with Gasteiger partial charge in [0.25, 0.3) is 0 Å². The Morgan fingerprint density at radius 2 is 1.25 bits per heavy atom. The summed E-state index contributed by atoms with van der Waals surface area (Å²) in [6.07, 6.45) is 3.65. The third-order valence-electron chi connectivity index (χ3n) is 2.26. The number of benzene rings is 2. The molecule has 0 aliphatic rings. The van der Waals surface area contributed by atoms with Crippen LogP contribution >= 0.6 is 0 Å². The van der Waals surface area contributed by atoms with Crippen LogP contribution in [0.5, 0.6) is 0 Å². The number of rotatable bonds is 2.